The van der Waals surface area contributed by atoms with Gasteiger partial charge in [-0.05, 0) is 18.2 Å². The quantitative estimate of drug-likeness (QED) is 0.849. The minimum Gasteiger partial charge on any atom is -0.390 e. The number of halogens is 4. The van der Waals surface area contributed by atoms with E-state index in [1.807, 2.05) is 0 Å². The zero-order valence-electron chi connectivity index (χ0n) is 9.58. The highest BCUT2D eigenvalue weighted by atomic mass is 19.4. The van der Waals surface area contributed by atoms with E-state index in [2.05, 4.69) is 4.98 Å². The first-order valence-electron chi connectivity index (χ1n) is 5.36. The van der Waals surface area contributed by atoms with Gasteiger partial charge in [0.25, 0.3) is 0 Å². The fraction of sp³-hybridized carbons (Fsp3) is 0.154. The highest BCUT2D eigenvalue weighted by Crippen LogP contribution is 2.36. The van der Waals surface area contributed by atoms with Crippen LogP contribution in [0.15, 0.2) is 36.4 Å². The minimum absolute atomic E-state index is 0.0293. The van der Waals surface area contributed by atoms with Crippen LogP contribution in [-0.4, -0.2) is 10.1 Å². The van der Waals surface area contributed by atoms with Crippen LogP contribution >= 0.6 is 0 Å². The molecule has 0 radical (unpaired) electrons. The lowest BCUT2D eigenvalue weighted by Gasteiger charge is -2.12. The molecule has 0 saturated heterocycles. The number of aromatic nitrogens is 1. The molecular formula is C13H9F4NO. The maximum Gasteiger partial charge on any atom is 0.417 e. The van der Waals surface area contributed by atoms with E-state index in [9.17, 15) is 17.6 Å². The van der Waals surface area contributed by atoms with Crippen LogP contribution in [0.3, 0.4) is 0 Å². The molecule has 0 bridgehead atoms. The molecule has 1 heterocycles. The average molecular weight is 271 g/mol. The number of pyridine rings is 1. The number of hydrogen-bond acceptors (Lipinski definition) is 2. The molecule has 2 aromatic rings. The smallest absolute Gasteiger partial charge is 0.390 e. The van der Waals surface area contributed by atoms with E-state index >= 15 is 0 Å². The predicted octanol–water partition coefficient (Wildman–Crippen LogP) is 3.40. The van der Waals surface area contributed by atoms with Crippen molar-refractivity contribution < 1.29 is 22.7 Å². The summed E-state index contributed by atoms with van der Waals surface area (Å²) < 4.78 is 51.7. The summed E-state index contributed by atoms with van der Waals surface area (Å²) in [6.07, 6.45) is -4.52. The molecule has 2 rings (SSSR count). The minimum atomic E-state index is -4.52. The Labute approximate surface area is 106 Å². The fourth-order valence-electron chi connectivity index (χ4n) is 1.70. The standard InChI is InChI=1S/C13H9F4NO/c14-10-5-6-11(18-12(10)7-19)8-3-1-2-4-9(8)13(15,16)17/h1-6,19H,7H2. The van der Waals surface area contributed by atoms with Crippen molar-refractivity contribution in [3.8, 4) is 11.3 Å². The molecule has 0 saturated carbocycles. The molecule has 1 aromatic carbocycles. The van der Waals surface area contributed by atoms with Crippen LogP contribution < -0.4 is 0 Å². The predicted molar refractivity (Wildman–Crippen MR) is 60.6 cm³/mol. The molecule has 0 aliphatic heterocycles. The van der Waals surface area contributed by atoms with Crippen molar-refractivity contribution in [3.63, 3.8) is 0 Å². The van der Waals surface area contributed by atoms with Crippen molar-refractivity contribution in [1.82, 2.24) is 4.98 Å². The molecule has 100 valence electrons. The van der Waals surface area contributed by atoms with E-state index in [0.717, 1.165) is 18.2 Å². The molecule has 0 aliphatic carbocycles. The molecule has 0 unspecified atom stereocenters. The monoisotopic (exact) mass is 271 g/mol. The van der Waals surface area contributed by atoms with Crippen molar-refractivity contribution in [2.24, 2.45) is 0 Å². The number of rotatable bonds is 2. The zero-order valence-corrected chi connectivity index (χ0v) is 9.58. The Hall–Kier alpha value is -1.95. The summed E-state index contributed by atoms with van der Waals surface area (Å²) in [6, 6.07) is 7.03. The molecule has 1 aromatic heterocycles. The zero-order chi connectivity index (χ0) is 14.0. The van der Waals surface area contributed by atoms with E-state index in [1.54, 1.807) is 0 Å². The Morgan fingerprint density at radius 3 is 2.37 bits per heavy atom. The van der Waals surface area contributed by atoms with Gasteiger partial charge < -0.3 is 5.11 Å². The van der Waals surface area contributed by atoms with E-state index in [-0.39, 0.29) is 17.0 Å². The lowest BCUT2D eigenvalue weighted by molar-refractivity contribution is -0.137. The van der Waals surface area contributed by atoms with E-state index < -0.39 is 24.2 Å². The SMILES string of the molecule is OCc1nc(-c2ccccc2C(F)(F)F)ccc1F. The number of benzene rings is 1. The van der Waals surface area contributed by atoms with Crippen molar-refractivity contribution in [2.45, 2.75) is 12.8 Å². The van der Waals surface area contributed by atoms with Crippen LogP contribution in [0.5, 0.6) is 0 Å². The van der Waals surface area contributed by atoms with Gasteiger partial charge in [0.15, 0.2) is 0 Å². The maximum atomic E-state index is 13.2. The fourth-order valence-corrected chi connectivity index (χ4v) is 1.70. The van der Waals surface area contributed by atoms with Gasteiger partial charge in [-0.3, -0.25) is 0 Å². The van der Waals surface area contributed by atoms with Crippen LogP contribution in [0.1, 0.15) is 11.3 Å². The van der Waals surface area contributed by atoms with E-state index in [4.69, 9.17) is 5.11 Å². The molecule has 19 heavy (non-hydrogen) atoms. The Bertz CT molecular complexity index is 595. The number of aliphatic hydroxyl groups is 1. The normalized spacial score (nSPS) is 11.6. The topological polar surface area (TPSA) is 33.1 Å². The maximum absolute atomic E-state index is 13.2. The summed E-state index contributed by atoms with van der Waals surface area (Å²) in [6.45, 7) is -0.673. The Balaban J connectivity index is 2.59. The number of nitrogens with zero attached hydrogens (tertiary/aromatic N) is 1. The molecule has 6 heteroatoms. The molecule has 2 nitrogen and oxygen atoms in total. The second kappa shape index (κ2) is 4.97. The summed E-state index contributed by atoms with van der Waals surface area (Å²) in [5, 5.41) is 8.89. The molecule has 0 aliphatic rings. The third-order valence-corrected chi connectivity index (χ3v) is 2.58. The molecule has 1 N–H and O–H groups in total. The second-order valence-electron chi connectivity index (χ2n) is 3.83. The first-order valence-corrected chi connectivity index (χ1v) is 5.36. The molecule has 0 atom stereocenters. The van der Waals surface area contributed by atoms with Crippen LogP contribution in [0.2, 0.25) is 0 Å². The first-order chi connectivity index (χ1) is 8.93. The van der Waals surface area contributed by atoms with Gasteiger partial charge in [-0.2, -0.15) is 13.2 Å². The van der Waals surface area contributed by atoms with Crippen molar-refractivity contribution in [3.05, 3.63) is 53.5 Å². The van der Waals surface area contributed by atoms with Crippen LogP contribution in [-0.2, 0) is 12.8 Å². The van der Waals surface area contributed by atoms with Crippen LogP contribution in [0, 0.1) is 5.82 Å². The second-order valence-corrected chi connectivity index (χ2v) is 3.83. The molecule has 0 spiro atoms. The number of alkyl halides is 3. The Kier molecular flexibility index (Phi) is 3.53. The largest absolute Gasteiger partial charge is 0.417 e. The number of hydrogen-bond donors (Lipinski definition) is 1. The number of aliphatic hydroxyl groups excluding tert-OH is 1. The Morgan fingerprint density at radius 2 is 1.74 bits per heavy atom. The van der Waals surface area contributed by atoms with Gasteiger partial charge in [-0.1, -0.05) is 18.2 Å². The first kappa shape index (κ1) is 13.5. The van der Waals surface area contributed by atoms with Crippen LogP contribution in [0.25, 0.3) is 11.3 Å². The van der Waals surface area contributed by atoms with Gasteiger partial charge in [-0.25, -0.2) is 9.37 Å². The summed E-state index contributed by atoms with van der Waals surface area (Å²) in [7, 11) is 0. The Morgan fingerprint density at radius 1 is 1.05 bits per heavy atom. The average Bonchev–Trinajstić information content (AvgIpc) is 2.38. The van der Waals surface area contributed by atoms with Gasteiger partial charge in [0, 0.05) is 5.56 Å². The third kappa shape index (κ3) is 2.73. The van der Waals surface area contributed by atoms with Gasteiger partial charge in [0.05, 0.1) is 17.9 Å². The van der Waals surface area contributed by atoms with Crippen molar-refractivity contribution >= 4 is 0 Å². The molecule has 0 amide bonds. The van der Waals surface area contributed by atoms with Crippen molar-refractivity contribution in [1.29, 1.82) is 0 Å². The highest BCUT2D eigenvalue weighted by molar-refractivity contribution is 5.64. The van der Waals surface area contributed by atoms with E-state index in [0.29, 0.717) is 0 Å². The molecular weight excluding hydrogens is 262 g/mol. The van der Waals surface area contributed by atoms with Gasteiger partial charge in [-0.15, -0.1) is 0 Å². The van der Waals surface area contributed by atoms with Gasteiger partial charge >= 0.3 is 6.18 Å². The van der Waals surface area contributed by atoms with Gasteiger partial charge in [0.2, 0.25) is 0 Å². The lowest BCUT2D eigenvalue weighted by Crippen LogP contribution is -2.08. The molecule has 0 fully saturated rings. The third-order valence-electron chi connectivity index (χ3n) is 2.58. The van der Waals surface area contributed by atoms with Gasteiger partial charge in [0.1, 0.15) is 11.5 Å². The summed E-state index contributed by atoms with van der Waals surface area (Å²) in [5.41, 5.74) is -1.31. The summed E-state index contributed by atoms with van der Waals surface area (Å²) in [5.74, 6) is -0.754. The van der Waals surface area contributed by atoms with Crippen LogP contribution in [0.4, 0.5) is 17.6 Å². The lowest BCUT2D eigenvalue weighted by atomic mass is 10.0. The summed E-state index contributed by atoms with van der Waals surface area (Å²) in [4.78, 5) is 3.71. The summed E-state index contributed by atoms with van der Waals surface area (Å²) >= 11 is 0. The van der Waals surface area contributed by atoms with Crippen molar-refractivity contribution in [2.75, 3.05) is 0 Å². The van der Waals surface area contributed by atoms with E-state index in [1.165, 1.54) is 18.2 Å². The highest BCUT2D eigenvalue weighted by Gasteiger charge is 2.33.